The number of pyridine rings is 1. The second-order valence-electron chi connectivity index (χ2n) is 5.38. The van der Waals surface area contributed by atoms with E-state index >= 15 is 0 Å². The Bertz CT molecular complexity index is 799. The van der Waals surface area contributed by atoms with Crippen molar-refractivity contribution in [3.8, 4) is 0 Å². The van der Waals surface area contributed by atoms with Gasteiger partial charge in [0.25, 0.3) is 0 Å². The number of halogens is 3. The smallest absolute Gasteiger partial charge is 0.347 e. The van der Waals surface area contributed by atoms with Crippen LogP contribution in [0.4, 0.5) is 14.6 Å². The largest absolute Gasteiger partial charge is 0.367 e. The highest BCUT2D eigenvalue weighted by atomic mass is 35.5. The van der Waals surface area contributed by atoms with Gasteiger partial charge in [-0.25, -0.2) is 4.98 Å². The van der Waals surface area contributed by atoms with Gasteiger partial charge in [0.2, 0.25) is 0 Å². The Hall–Kier alpha value is -1.55. The molecular weight excluding hydrogens is 377 g/mol. The molecule has 1 aromatic rings. The highest BCUT2D eigenvalue weighted by Gasteiger charge is 2.20. The zero-order valence-electron chi connectivity index (χ0n) is 15.1. The number of hydrogen-bond donors (Lipinski definition) is 1. The zero-order valence-corrected chi connectivity index (χ0v) is 17.0. The summed E-state index contributed by atoms with van der Waals surface area (Å²) < 4.78 is 27.5. The van der Waals surface area contributed by atoms with E-state index in [1.54, 1.807) is 13.0 Å². The van der Waals surface area contributed by atoms with Gasteiger partial charge in [0, 0.05) is 16.7 Å². The van der Waals surface area contributed by atoms with Gasteiger partial charge >= 0.3 is 5.85 Å². The number of allylic oxidation sites excluding steroid dienone is 4. The lowest BCUT2D eigenvalue weighted by Gasteiger charge is -2.07. The van der Waals surface area contributed by atoms with Crippen LogP contribution in [0.2, 0.25) is 0 Å². The molecule has 1 unspecified atom stereocenters. The van der Waals surface area contributed by atoms with Crippen LogP contribution in [0.1, 0.15) is 25.8 Å². The molecule has 7 heteroatoms. The third-order valence-corrected chi connectivity index (χ3v) is 3.70. The summed E-state index contributed by atoms with van der Waals surface area (Å²) in [6, 6.07) is 2.10. The summed E-state index contributed by atoms with van der Waals surface area (Å²) in [4.78, 5) is 4.59. The molecule has 0 saturated heterocycles. The Morgan fingerprint density at radius 1 is 1.38 bits per heavy atom. The van der Waals surface area contributed by atoms with E-state index in [1.165, 1.54) is 15.3 Å². The zero-order chi connectivity index (χ0) is 19.6. The number of aryl methyl sites for hydroxylation is 1. The minimum atomic E-state index is -3.08. The number of nitrogens with one attached hydrogen (secondary N) is 1. The summed E-state index contributed by atoms with van der Waals surface area (Å²) in [6.45, 7) is 5.69. The Morgan fingerprint density at radius 3 is 2.73 bits per heavy atom. The summed E-state index contributed by atoms with van der Waals surface area (Å²) in [5.41, 5.74) is 1.11. The molecule has 3 nitrogen and oxygen atoms in total. The predicted octanol–water partition coefficient (Wildman–Crippen LogP) is 4.43. The van der Waals surface area contributed by atoms with Gasteiger partial charge in [-0.3, -0.25) is 0 Å². The average molecular weight is 401 g/mol. The first-order chi connectivity index (χ1) is 12.3. The van der Waals surface area contributed by atoms with Crippen LogP contribution in [0.15, 0.2) is 42.6 Å². The van der Waals surface area contributed by atoms with Gasteiger partial charge in [-0.2, -0.15) is 8.78 Å². The molecule has 0 radical (unpaired) electrons. The number of aromatic nitrogens is 1. The maximum absolute atomic E-state index is 11.8. The van der Waals surface area contributed by atoms with Crippen molar-refractivity contribution >= 4 is 37.8 Å². The van der Waals surface area contributed by atoms with E-state index in [0.29, 0.717) is 0 Å². The highest BCUT2D eigenvalue weighted by Crippen LogP contribution is 2.22. The maximum atomic E-state index is 11.8. The van der Waals surface area contributed by atoms with E-state index in [2.05, 4.69) is 21.1 Å². The monoisotopic (exact) mass is 400 g/mol. The molecule has 0 amide bonds. The Morgan fingerprint density at radius 2 is 2.12 bits per heavy atom. The van der Waals surface area contributed by atoms with Crippen molar-refractivity contribution in [3.63, 3.8) is 0 Å². The van der Waals surface area contributed by atoms with Crippen molar-refractivity contribution in [2.45, 2.75) is 33.0 Å². The number of ether oxygens (including phenoxy) is 1. The summed E-state index contributed by atoms with van der Waals surface area (Å²) in [6.07, 6.45) is 13.8. The molecule has 1 heterocycles. The van der Waals surface area contributed by atoms with Crippen LogP contribution in [-0.4, -0.2) is 17.4 Å². The number of hydrogen-bond acceptors (Lipinski definition) is 3. The van der Waals surface area contributed by atoms with Crippen molar-refractivity contribution < 1.29 is 13.5 Å². The van der Waals surface area contributed by atoms with Gasteiger partial charge in [-0.15, -0.1) is 0 Å². The molecule has 0 spiro atoms. The standard InChI is InChI=1S/C14H15ClN2.C5H9F2OP/c1-3-8-16-14-10(2)9-11-6-4-5-7-12(15)13(11)17-14;1-2-3-4-8-5(6,7)9/h3-6,8-9H,7H2,1-2H3,(H,16,17);2-3H,4,9H2,1H3/b8-3+;3-2-. The van der Waals surface area contributed by atoms with Gasteiger partial charge < -0.3 is 10.1 Å². The molecule has 2 rings (SSSR count). The van der Waals surface area contributed by atoms with Crippen molar-refractivity contribution in [1.29, 1.82) is 0 Å². The van der Waals surface area contributed by atoms with Crippen molar-refractivity contribution in [2.75, 3.05) is 11.9 Å². The second-order valence-corrected chi connectivity index (χ2v) is 6.51. The van der Waals surface area contributed by atoms with Gasteiger partial charge in [-0.1, -0.05) is 48.1 Å². The van der Waals surface area contributed by atoms with Gasteiger partial charge in [0.05, 0.1) is 12.0 Å². The van der Waals surface area contributed by atoms with E-state index in [9.17, 15) is 8.78 Å². The first-order valence-corrected chi connectivity index (χ1v) is 9.06. The van der Waals surface area contributed by atoms with E-state index in [-0.39, 0.29) is 6.61 Å². The molecule has 0 saturated carbocycles. The molecule has 0 aromatic carbocycles. The maximum Gasteiger partial charge on any atom is 0.367 e. The van der Waals surface area contributed by atoms with E-state index in [0.717, 1.165) is 33.4 Å². The molecule has 142 valence electrons. The lowest BCUT2D eigenvalue weighted by Crippen LogP contribution is -2.30. The molecule has 1 aliphatic carbocycles. The molecule has 0 fully saturated rings. The Balaban J connectivity index is 0.000000321. The van der Waals surface area contributed by atoms with E-state index in [1.807, 2.05) is 44.4 Å². The molecule has 0 bridgehead atoms. The fraction of sp³-hybridized carbons (Fsp3) is 0.316. The minimum absolute atomic E-state index is 0.0486. The van der Waals surface area contributed by atoms with E-state index in [4.69, 9.17) is 11.6 Å². The first kappa shape index (κ1) is 22.5. The minimum Gasteiger partial charge on any atom is -0.347 e. The molecule has 1 atom stereocenters. The highest BCUT2D eigenvalue weighted by molar-refractivity contribution is 7.17. The van der Waals surface area contributed by atoms with Gasteiger partial charge in [0.15, 0.2) is 0 Å². The summed E-state index contributed by atoms with van der Waals surface area (Å²) in [5, 5.41) is 5.89. The number of rotatable bonds is 5. The summed E-state index contributed by atoms with van der Waals surface area (Å²) in [7, 11) is 1.30. The Kier molecular flexibility index (Phi) is 9.71. The predicted molar refractivity (Wildman–Crippen MR) is 110 cm³/mol. The average Bonchev–Trinajstić information content (AvgIpc) is 2.74. The van der Waals surface area contributed by atoms with E-state index < -0.39 is 5.85 Å². The van der Waals surface area contributed by atoms with Gasteiger partial charge in [-0.05, 0) is 47.8 Å². The SMILES string of the molecule is C/C=C/Nc1nc2c(cc1C)=CC=CCC=2Cl.C/C=C\COC(F)(F)P. The van der Waals surface area contributed by atoms with Crippen molar-refractivity contribution in [3.05, 3.63) is 58.8 Å². The fourth-order valence-corrected chi connectivity index (χ4v) is 2.32. The number of alkyl halides is 2. The topological polar surface area (TPSA) is 34.2 Å². The lowest BCUT2D eigenvalue weighted by molar-refractivity contribution is -0.154. The molecule has 1 aliphatic rings. The van der Waals surface area contributed by atoms with Crippen LogP contribution in [-0.2, 0) is 4.74 Å². The van der Waals surface area contributed by atoms with Crippen LogP contribution in [0.3, 0.4) is 0 Å². The second kappa shape index (κ2) is 11.2. The summed E-state index contributed by atoms with van der Waals surface area (Å²) >= 11 is 6.25. The third kappa shape index (κ3) is 8.22. The molecule has 26 heavy (non-hydrogen) atoms. The van der Waals surface area contributed by atoms with Crippen molar-refractivity contribution in [2.24, 2.45) is 0 Å². The van der Waals surface area contributed by atoms with Gasteiger partial charge in [0.1, 0.15) is 5.82 Å². The van der Waals surface area contributed by atoms with Crippen LogP contribution >= 0.6 is 20.8 Å². The van der Waals surface area contributed by atoms with Crippen LogP contribution in [0, 0.1) is 6.92 Å². The molecule has 1 N–H and O–H groups in total. The normalized spacial score (nSPS) is 13.9. The first-order valence-electron chi connectivity index (χ1n) is 8.11. The lowest BCUT2D eigenvalue weighted by atomic mass is 10.2. The number of fused-ring (bicyclic) bond motifs is 1. The van der Waals surface area contributed by atoms with Crippen LogP contribution in [0.5, 0.6) is 0 Å². The summed E-state index contributed by atoms with van der Waals surface area (Å²) in [5.74, 6) is -2.23. The fourth-order valence-electron chi connectivity index (χ4n) is 1.98. The molecule has 1 aromatic heterocycles. The van der Waals surface area contributed by atoms with Crippen LogP contribution in [0.25, 0.3) is 11.1 Å². The van der Waals surface area contributed by atoms with Crippen molar-refractivity contribution in [1.82, 2.24) is 4.98 Å². The third-order valence-electron chi connectivity index (χ3n) is 3.20. The molecular formula is C19H24ClF2N2OP. The molecule has 0 aliphatic heterocycles. The number of nitrogens with zero attached hydrogens (tertiary/aromatic N) is 1. The van der Waals surface area contributed by atoms with Crippen LogP contribution < -0.4 is 15.9 Å². The Labute approximate surface area is 160 Å². The quantitative estimate of drug-likeness (QED) is 0.586. The number of anilines is 1.